The van der Waals surface area contributed by atoms with Gasteiger partial charge in [0.05, 0.1) is 11.6 Å². The Balaban J connectivity index is 2.62. The number of nitrogens with zero attached hydrogens (tertiary/aromatic N) is 1. The normalized spacial score (nSPS) is 11.2. The van der Waals surface area contributed by atoms with Gasteiger partial charge < -0.3 is 15.3 Å². The zero-order valence-electron chi connectivity index (χ0n) is 11.6. The highest BCUT2D eigenvalue weighted by atomic mass is 16.4. The van der Waals surface area contributed by atoms with Gasteiger partial charge in [-0.25, -0.2) is 9.59 Å². The van der Waals surface area contributed by atoms with Crippen LogP contribution in [0.5, 0.6) is 0 Å². The third kappa shape index (κ3) is 4.32. The van der Waals surface area contributed by atoms with E-state index in [0.717, 1.165) is 0 Å². The Labute approximate surface area is 118 Å². The average Bonchev–Trinajstić information content (AvgIpc) is 2.44. The number of carboxylic acid groups (broad SMARTS) is 1. The SMILES string of the molecule is C#CC(C)NC(=O)N(C)CCc1ccccc1C(=O)O. The smallest absolute Gasteiger partial charge is 0.335 e. The van der Waals surface area contributed by atoms with Crippen molar-refractivity contribution in [1.29, 1.82) is 0 Å². The van der Waals surface area contributed by atoms with Gasteiger partial charge in [-0.2, -0.15) is 0 Å². The summed E-state index contributed by atoms with van der Waals surface area (Å²) in [7, 11) is 1.64. The summed E-state index contributed by atoms with van der Waals surface area (Å²) in [5.74, 6) is 1.45. The van der Waals surface area contributed by atoms with E-state index in [1.807, 2.05) is 0 Å². The Bertz CT molecular complexity index is 534. The first-order valence-electron chi connectivity index (χ1n) is 6.24. The van der Waals surface area contributed by atoms with Crippen molar-refractivity contribution in [2.75, 3.05) is 13.6 Å². The highest BCUT2D eigenvalue weighted by molar-refractivity contribution is 5.89. The number of nitrogens with one attached hydrogen (secondary N) is 1. The van der Waals surface area contributed by atoms with Gasteiger partial charge in [0.2, 0.25) is 0 Å². The number of carbonyl (C=O) groups is 2. The maximum atomic E-state index is 11.8. The van der Waals surface area contributed by atoms with Crippen LogP contribution in [-0.4, -0.2) is 41.6 Å². The molecule has 5 nitrogen and oxygen atoms in total. The minimum atomic E-state index is -0.964. The molecule has 0 saturated carbocycles. The summed E-state index contributed by atoms with van der Waals surface area (Å²) >= 11 is 0. The molecule has 2 N–H and O–H groups in total. The molecule has 0 radical (unpaired) electrons. The lowest BCUT2D eigenvalue weighted by molar-refractivity contribution is 0.0695. The molecule has 0 bridgehead atoms. The van der Waals surface area contributed by atoms with Crippen molar-refractivity contribution in [3.05, 3.63) is 35.4 Å². The van der Waals surface area contributed by atoms with Crippen LogP contribution in [0.4, 0.5) is 4.79 Å². The van der Waals surface area contributed by atoms with Crippen molar-refractivity contribution in [1.82, 2.24) is 10.2 Å². The van der Waals surface area contributed by atoms with Gasteiger partial charge >= 0.3 is 12.0 Å². The van der Waals surface area contributed by atoms with Crippen LogP contribution in [0, 0.1) is 12.3 Å². The van der Waals surface area contributed by atoms with Gasteiger partial charge in [-0.15, -0.1) is 6.42 Å². The van der Waals surface area contributed by atoms with E-state index in [1.165, 1.54) is 4.90 Å². The molecule has 0 fully saturated rings. The molecular formula is C15H18N2O3. The molecule has 0 aliphatic heterocycles. The molecule has 0 saturated heterocycles. The summed E-state index contributed by atoms with van der Waals surface area (Å²) in [5, 5.41) is 11.7. The third-order valence-corrected chi connectivity index (χ3v) is 2.90. The van der Waals surface area contributed by atoms with Gasteiger partial charge in [0.15, 0.2) is 0 Å². The number of urea groups is 1. The highest BCUT2D eigenvalue weighted by Gasteiger charge is 2.13. The van der Waals surface area contributed by atoms with Gasteiger partial charge in [-0.05, 0) is 25.0 Å². The monoisotopic (exact) mass is 274 g/mol. The van der Waals surface area contributed by atoms with E-state index in [4.69, 9.17) is 11.5 Å². The van der Waals surface area contributed by atoms with Crippen LogP contribution in [0.1, 0.15) is 22.8 Å². The average molecular weight is 274 g/mol. The van der Waals surface area contributed by atoms with E-state index in [9.17, 15) is 9.59 Å². The lowest BCUT2D eigenvalue weighted by Crippen LogP contribution is -2.42. The van der Waals surface area contributed by atoms with Crippen molar-refractivity contribution >= 4 is 12.0 Å². The molecule has 0 aliphatic rings. The van der Waals surface area contributed by atoms with E-state index < -0.39 is 5.97 Å². The fourth-order valence-electron chi connectivity index (χ4n) is 1.67. The van der Waals surface area contributed by atoms with Gasteiger partial charge in [0, 0.05) is 13.6 Å². The lowest BCUT2D eigenvalue weighted by atomic mass is 10.0. The van der Waals surface area contributed by atoms with Crippen molar-refractivity contribution in [3.8, 4) is 12.3 Å². The molecule has 1 atom stereocenters. The van der Waals surface area contributed by atoms with Crippen LogP contribution in [0.2, 0.25) is 0 Å². The Morgan fingerprint density at radius 2 is 2.10 bits per heavy atom. The first-order chi connectivity index (χ1) is 9.45. The number of benzene rings is 1. The first kappa shape index (κ1) is 15.6. The molecule has 2 amide bonds. The van der Waals surface area contributed by atoms with Crippen molar-refractivity contribution in [2.45, 2.75) is 19.4 Å². The van der Waals surface area contributed by atoms with Crippen molar-refractivity contribution < 1.29 is 14.7 Å². The second-order valence-corrected chi connectivity index (χ2v) is 4.47. The molecule has 0 aliphatic carbocycles. The van der Waals surface area contributed by atoms with E-state index in [2.05, 4.69) is 11.2 Å². The number of carbonyl (C=O) groups excluding carboxylic acids is 1. The van der Waals surface area contributed by atoms with Crippen molar-refractivity contribution in [3.63, 3.8) is 0 Å². The molecule has 106 valence electrons. The van der Waals surface area contributed by atoms with Gasteiger partial charge in [-0.3, -0.25) is 0 Å². The summed E-state index contributed by atoms with van der Waals surface area (Å²) in [4.78, 5) is 24.3. The molecule has 0 spiro atoms. The molecule has 1 aromatic rings. The summed E-state index contributed by atoms with van der Waals surface area (Å²) in [6, 6.07) is 6.15. The van der Waals surface area contributed by atoms with E-state index >= 15 is 0 Å². The zero-order valence-corrected chi connectivity index (χ0v) is 11.6. The largest absolute Gasteiger partial charge is 0.478 e. The van der Waals surface area contributed by atoms with Crippen LogP contribution in [0.3, 0.4) is 0 Å². The molecule has 5 heteroatoms. The molecule has 1 aromatic carbocycles. The Hall–Kier alpha value is -2.48. The molecule has 1 unspecified atom stereocenters. The molecule has 0 heterocycles. The Morgan fingerprint density at radius 3 is 2.70 bits per heavy atom. The minimum Gasteiger partial charge on any atom is -0.478 e. The minimum absolute atomic E-state index is 0.262. The number of terminal acetylenes is 1. The number of carboxylic acids is 1. The quantitative estimate of drug-likeness (QED) is 0.801. The fraction of sp³-hybridized carbons (Fsp3) is 0.333. The summed E-state index contributed by atoms with van der Waals surface area (Å²) < 4.78 is 0. The van der Waals surface area contributed by atoms with Gasteiger partial charge in [-0.1, -0.05) is 24.1 Å². The highest BCUT2D eigenvalue weighted by Crippen LogP contribution is 2.10. The predicted octanol–water partition coefficient (Wildman–Crippen LogP) is 1.59. The predicted molar refractivity (Wildman–Crippen MR) is 76.6 cm³/mol. The maximum Gasteiger partial charge on any atom is 0.335 e. The second-order valence-electron chi connectivity index (χ2n) is 4.47. The van der Waals surface area contributed by atoms with Crippen LogP contribution < -0.4 is 5.32 Å². The number of likely N-dealkylation sites (N-methyl/N-ethyl adjacent to an activating group) is 1. The van der Waals surface area contributed by atoms with Crippen molar-refractivity contribution in [2.24, 2.45) is 0 Å². The summed E-state index contributed by atoms with van der Waals surface area (Å²) in [5.41, 5.74) is 0.961. The van der Waals surface area contributed by atoms with E-state index in [0.29, 0.717) is 18.5 Å². The number of rotatable bonds is 5. The first-order valence-corrected chi connectivity index (χ1v) is 6.24. The Morgan fingerprint density at radius 1 is 1.45 bits per heavy atom. The van der Waals surface area contributed by atoms with Crippen LogP contribution in [0.25, 0.3) is 0 Å². The molecular weight excluding hydrogens is 256 g/mol. The molecule has 1 rings (SSSR count). The third-order valence-electron chi connectivity index (χ3n) is 2.90. The topological polar surface area (TPSA) is 69.6 Å². The molecule has 20 heavy (non-hydrogen) atoms. The summed E-state index contributed by atoms with van der Waals surface area (Å²) in [6.07, 6.45) is 5.66. The van der Waals surface area contributed by atoms with Crippen LogP contribution in [0.15, 0.2) is 24.3 Å². The van der Waals surface area contributed by atoms with E-state index in [-0.39, 0.29) is 17.6 Å². The zero-order chi connectivity index (χ0) is 15.1. The maximum absolute atomic E-state index is 11.8. The molecule has 0 aromatic heterocycles. The van der Waals surface area contributed by atoms with Crippen LogP contribution >= 0.6 is 0 Å². The van der Waals surface area contributed by atoms with Gasteiger partial charge in [0.1, 0.15) is 0 Å². The van der Waals surface area contributed by atoms with E-state index in [1.54, 1.807) is 38.2 Å². The standard InChI is InChI=1S/C15H18N2O3/c1-4-11(2)16-15(20)17(3)10-9-12-7-5-6-8-13(12)14(18)19/h1,5-8,11H,9-10H2,2-3H3,(H,16,20)(H,18,19). The van der Waals surface area contributed by atoms with Crippen LogP contribution in [-0.2, 0) is 6.42 Å². The number of aromatic carboxylic acids is 1. The number of hydrogen-bond donors (Lipinski definition) is 2. The second kappa shape index (κ2) is 7.19. The van der Waals surface area contributed by atoms with Gasteiger partial charge in [0.25, 0.3) is 0 Å². The lowest BCUT2D eigenvalue weighted by Gasteiger charge is -2.19. The fourth-order valence-corrected chi connectivity index (χ4v) is 1.67. The Kier molecular flexibility index (Phi) is 5.60. The number of amides is 2. The number of hydrogen-bond acceptors (Lipinski definition) is 2. The summed E-state index contributed by atoms with van der Waals surface area (Å²) in [6.45, 7) is 2.12.